The molecule has 1 aromatic rings. The van der Waals surface area contributed by atoms with E-state index in [2.05, 4.69) is 11.4 Å². The van der Waals surface area contributed by atoms with E-state index in [-0.39, 0.29) is 6.61 Å². The van der Waals surface area contributed by atoms with Crippen LogP contribution in [0.3, 0.4) is 0 Å². The molecule has 0 unspecified atom stereocenters. The van der Waals surface area contributed by atoms with Crippen molar-refractivity contribution in [3.8, 4) is 5.75 Å². The van der Waals surface area contributed by atoms with Crippen LogP contribution in [0.4, 0.5) is 4.39 Å². The third kappa shape index (κ3) is 2.48. The summed E-state index contributed by atoms with van der Waals surface area (Å²) in [6.07, 6.45) is 0. The predicted molar refractivity (Wildman–Crippen MR) is 57.7 cm³/mol. The van der Waals surface area contributed by atoms with Crippen molar-refractivity contribution in [2.45, 2.75) is 32.6 Å². The molecule has 1 aliphatic rings. The van der Waals surface area contributed by atoms with Gasteiger partial charge in [-0.3, -0.25) is 0 Å². The molecular weight excluding hydrogens is 193 g/mol. The summed E-state index contributed by atoms with van der Waals surface area (Å²) in [4.78, 5) is 0. The second-order valence-corrected chi connectivity index (χ2v) is 4.50. The fourth-order valence-corrected chi connectivity index (χ4v) is 1.68. The SMILES string of the molecule is CC(C)(F)COc1cccc2c1CNC2. The number of fused-ring (bicyclic) bond motifs is 1. The number of ether oxygens (including phenoxy) is 1. The molecule has 0 spiro atoms. The molecule has 82 valence electrons. The van der Waals surface area contributed by atoms with Crippen LogP contribution in [0.5, 0.6) is 5.75 Å². The maximum Gasteiger partial charge on any atom is 0.139 e. The minimum atomic E-state index is -1.28. The van der Waals surface area contributed by atoms with Gasteiger partial charge in [-0.15, -0.1) is 0 Å². The number of rotatable bonds is 3. The lowest BCUT2D eigenvalue weighted by Crippen LogP contribution is -2.23. The van der Waals surface area contributed by atoms with Crippen LogP contribution in [0.2, 0.25) is 0 Å². The van der Waals surface area contributed by atoms with Crippen LogP contribution in [0.25, 0.3) is 0 Å². The highest BCUT2D eigenvalue weighted by Gasteiger charge is 2.19. The summed E-state index contributed by atoms with van der Waals surface area (Å²) in [5.74, 6) is 0.809. The summed E-state index contributed by atoms with van der Waals surface area (Å²) in [7, 11) is 0. The van der Waals surface area contributed by atoms with Gasteiger partial charge in [0.1, 0.15) is 18.0 Å². The van der Waals surface area contributed by atoms with Gasteiger partial charge in [0, 0.05) is 18.7 Å². The lowest BCUT2D eigenvalue weighted by molar-refractivity contribution is 0.120. The molecule has 1 aliphatic heterocycles. The molecule has 0 amide bonds. The van der Waals surface area contributed by atoms with Crippen molar-refractivity contribution in [1.82, 2.24) is 5.32 Å². The van der Waals surface area contributed by atoms with E-state index in [9.17, 15) is 4.39 Å². The zero-order valence-electron chi connectivity index (χ0n) is 9.14. The molecule has 2 rings (SSSR count). The zero-order chi connectivity index (χ0) is 10.9. The van der Waals surface area contributed by atoms with Gasteiger partial charge in [-0.05, 0) is 25.5 Å². The van der Waals surface area contributed by atoms with Gasteiger partial charge in [0.05, 0.1) is 0 Å². The summed E-state index contributed by atoms with van der Waals surface area (Å²) in [6, 6.07) is 5.92. The van der Waals surface area contributed by atoms with Crippen molar-refractivity contribution in [3.05, 3.63) is 29.3 Å². The van der Waals surface area contributed by atoms with Gasteiger partial charge in [0.2, 0.25) is 0 Å². The van der Waals surface area contributed by atoms with Gasteiger partial charge < -0.3 is 10.1 Å². The third-order valence-corrected chi connectivity index (χ3v) is 2.42. The number of hydrogen-bond donors (Lipinski definition) is 1. The van der Waals surface area contributed by atoms with Gasteiger partial charge in [0.15, 0.2) is 0 Å². The van der Waals surface area contributed by atoms with Gasteiger partial charge in [-0.2, -0.15) is 0 Å². The summed E-state index contributed by atoms with van der Waals surface area (Å²) in [5, 5.41) is 3.25. The Labute approximate surface area is 89.4 Å². The third-order valence-electron chi connectivity index (χ3n) is 2.42. The van der Waals surface area contributed by atoms with Crippen molar-refractivity contribution in [1.29, 1.82) is 0 Å². The second kappa shape index (κ2) is 3.81. The topological polar surface area (TPSA) is 21.3 Å². The largest absolute Gasteiger partial charge is 0.490 e. The molecule has 1 N–H and O–H groups in total. The number of halogens is 1. The quantitative estimate of drug-likeness (QED) is 0.825. The molecule has 0 bridgehead atoms. The highest BCUT2D eigenvalue weighted by molar-refractivity contribution is 5.42. The van der Waals surface area contributed by atoms with Crippen LogP contribution in [0, 0.1) is 0 Å². The standard InChI is InChI=1S/C12H16FNO/c1-12(2,13)8-15-11-5-3-4-9-6-14-7-10(9)11/h3-5,14H,6-8H2,1-2H3. The molecule has 0 fully saturated rings. The molecule has 0 saturated carbocycles. The Morgan fingerprint density at radius 2 is 2.20 bits per heavy atom. The molecule has 3 heteroatoms. The van der Waals surface area contributed by atoms with Crippen LogP contribution < -0.4 is 10.1 Å². The Morgan fingerprint density at radius 1 is 1.40 bits per heavy atom. The molecule has 1 heterocycles. The fourth-order valence-electron chi connectivity index (χ4n) is 1.68. The zero-order valence-corrected chi connectivity index (χ0v) is 9.14. The minimum absolute atomic E-state index is 0.101. The number of benzene rings is 1. The first-order chi connectivity index (χ1) is 7.06. The lowest BCUT2D eigenvalue weighted by atomic mass is 10.1. The number of alkyl halides is 1. The molecule has 1 aromatic carbocycles. The first kappa shape index (κ1) is 10.4. The maximum absolute atomic E-state index is 13.3. The van der Waals surface area contributed by atoms with Crippen molar-refractivity contribution >= 4 is 0 Å². The molecule has 0 atom stereocenters. The first-order valence-electron chi connectivity index (χ1n) is 5.19. The smallest absolute Gasteiger partial charge is 0.139 e. The molecule has 15 heavy (non-hydrogen) atoms. The Kier molecular flexibility index (Phi) is 2.65. The van der Waals surface area contributed by atoms with E-state index in [1.54, 1.807) is 0 Å². The normalized spacial score (nSPS) is 15.1. The minimum Gasteiger partial charge on any atom is -0.490 e. The average molecular weight is 209 g/mol. The second-order valence-electron chi connectivity index (χ2n) is 4.50. The van der Waals surface area contributed by atoms with Crippen molar-refractivity contribution in [3.63, 3.8) is 0 Å². The summed E-state index contributed by atoms with van der Waals surface area (Å²) >= 11 is 0. The predicted octanol–water partition coefficient (Wildman–Crippen LogP) is 2.42. The van der Waals surface area contributed by atoms with Crippen LogP contribution in [0.15, 0.2) is 18.2 Å². The van der Waals surface area contributed by atoms with Crippen LogP contribution in [-0.4, -0.2) is 12.3 Å². The van der Waals surface area contributed by atoms with E-state index < -0.39 is 5.67 Å². The molecule has 0 aliphatic carbocycles. The Balaban J connectivity index is 2.12. The van der Waals surface area contributed by atoms with Gasteiger partial charge in [-0.1, -0.05) is 12.1 Å². The highest BCUT2D eigenvalue weighted by Crippen LogP contribution is 2.27. The number of nitrogens with one attached hydrogen (secondary N) is 1. The Bertz CT molecular complexity index is 357. The maximum atomic E-state index is 13.3. The number of hydrogen-bond acceptors (Lipinski definition) is 2. The Morgan fingerprint density at radius 3 is 2.93 bits per heavy atom. The molecule has 0 radical (unpaired) electrons. The van der Waals surface area contributed by atoms with E-state index in [1.807, 2.05) is 12.1 Å². The highest BCUT2D eigenvalue weighted by atomic mass is 19.1. The first-order valence-corrected chi connectivity index (χ1v) is 5.19. The van der Waals surface area contributed by atoms with E-state index in [0.29, 0.717) is 0 Å². The van der Waals surface area contributed by atoms with Crippen LogP contribution in [0.1, 0.15) is 25.0 Å². The van der Waals surface area contributed by atoms with Crippen molar-refractivity contribution in [2.75, 3.05) is 6.61 Å². The Hall–Kier alpha value is -1.09. The van der Waals surface area contributed by atoms with E-state index in [1.165, 1.54) is 25.0 Å². The van der Waals surface area contributed by atoms with Crippen molar-refractivity contribution < 1.29 is 9.13 Å². The molecule has 0 aromatic heterocycles. The lowest BCUT2D eigenvalue weighted by Gasteiger charge is -2.16. The summed E-state index contributed by atoms with van der Waals surface area (Å²) in [5.41, 5.74) is 1.14. The monoisotopic (exact) mass is 209 g/mol. The van der Waals surface area contributed by atoms with Crippen molar-refractivity contribution in [2.24, 2.45) is 0 Å². The molecule has 2 nitrogen and oxygen atoms in total. The fraction of sp³-hybridized carbons (Fsp3) is 0.500. The van der Waals surface area contributed by atoms with E-state index in [4.69, 9.17) is 4.74 Å². The van der Waals surface area contributed by atoms with Gasteiger partial charge in [0.25, 0.3) is 0 Å². The summed E-state index contributed by atoms with van der Waals surface area (Å²) < 4.78 is 18.8. The van der Waals surface area contributed by atoms with Gasteiger partial charge in [-0.25, -0.2) is 4.39 Å². The molecular formula is C12H16FNO. The summed E-state index contributed by atoms with van der Waals surface area (Å²) in [6.45, 7) is 4.84. The molecule has 0 saturated heterocycles. The van der Waals surface area contributed by atoms with E-state index in [0.717, 1.165) is 18.8 Å². The van der Waals surface area contributed by atoms with E-state index >= 15 is 0 Å². The van der Waals surface area contributed by atoms with Crippen LogP contribution >= 0.6 is 0 Å². The average Bonchev–Trinajstić information content (AvgIpc) is 2.61. The van der Waals surface area contributed by atoms with Crippen LogP contribution in [-0.2, 0) is 13.1 Å². The van der Waals surface area contributed by atoms with Gasteiger partial charge >= 0.3 is 0 Å².